The molecule has 8 nitrogen and oxygen atoms in total. The van der Waals surface area contributed by atoms with E-state index in [0.29, 0.717) is 23.9 Å². The molecule has 0 atom stereocenters. The third-order valence-electron chi connectivity index (χ3n) is 5.71. The number of amides is 1. The van der Waals surface area contributed by atoms with Crippen LogP contribution in [0.4, 0.5) is 11.5 Å². The Labute approximate surface area is 225 Å². The number of aromatic nitrogens is 4. The fourth-order valence-electron chi connectivity index (χ4n) is 3.77. The predicted octanol–water partition coefficient (Wildman–Crippen LogP) is 5.55. The smallest absolute Gasteiger partial charge is 0.274 e. The van der Waals surface area contributed by atoms with Gasteiger partial charge in [-0.25, -0.2) is 9.97 Å². The van der Waals surface area contributed by atoms with E-state index in [1.165, 1.54) is 11.3 Å². The van der Waals surface area contributed by atoms with E-state index in [1.54, 1.807) is 6.07 Å². The largest absolute Gasteiger partial charge is 0.369 e. The summed E-state index contributed by atoms with van der Waals surface area (Å²) in [5, 5.41) is 16.6. The van der Waals surface area contributed by atoms with Crippen molar-refractivity contribution in [3.63, 3.8) is 0 Å². The summed E-state index contributed by atoms with van der Waals surface area (Å²) in [6.07, 6.45) is 0. The molecular weight excluding hydrogens is 494 g/mol. The first-order chi connectivity index (χ1) is 18.6. The monoisotopic (exact) mass is 521 g/mol. The molecule has 2 heterocycles. The van der Waals surface area contributed by atoms with E-state index in [1.807, 2.05) is 99.0 Å². The second kappa shape index (κ2) is 11.7. The fraction of sp³-hybridized carbons (Fsp3) is 0.138. The number of hydrogen-bond donors (Lipinski definition) is 2. The molecule has 9 heteroatoms. The standard InChI is InChI=1S/C29H27N7OS/c1-36(2)18-17-30-25-19-24(31-26(33-25)20-11-5-3-6-12-20)27(37)32-23-16-10-9-15-22(23)29-35-34-28(38-29)21-13-7-4-8-14-21/h3-16,19H,17-18H2,1-2H3,(H,32,37)(H,30,31,33). The number of carbonyl (C=O) groups excluding carboxylic acids is 1. The summed E-state index contributed by atoms with van der Waals surface area (Å²) in [6.45, 7) is 1.51. The predicted molar refractivity (Wildman–Crippen MR) is 153 cm³/mol. The molecule has 5 aromatic rings. The molecule has 0 aliphatic heterocycles. The summed E-state index contributed by atoms with van der Waals surface area (Å²) in [6, 6.07) is 28.8. The summed E-state index contributed by atoms with van der Waals surface area (Å²) in [5.41, 5.74) is 3.53. The van der Waals surface area contributed by atoms with Crippen LogP contribution >= 0.6 is 11.3 Å². The highest BCUT2D eigenvalue weighted by molar-refractivity contribution is 7.18. The van der Waals surface area contributed by atoms with Crippen molar-refractivity contribution in [2.24, 2.45) is 0 Å². The molecule has 0 unspecified atom stereocenters. The first-order valence-corrected chi connectivity index (χ1v) is 13.0. The average Bonchev–Trinajstić information content (AvgIpc) is 3.44. The Morgan fingerprint density at radius 3 is 2.21 bits per heavy atom. The molecule has 190 valence electrons. The van der Waals surface area contributed by atoms with Crippen molar-refractivity contribution >= 4 is 28.7 Å². The van der Waals surface area contributed by atoms with E-state index in [-0.39, 0.29) is 11.6 Å². The van der Waals surface area contributed by atoms with Crippen molar-refractivity contribution in [3.05, 3.63) is 96.7 Å². The highest BCUT2D eigenvalue weighted by atomic mass is 32.1. The molecule has 0 aliphatic rings. The van der Waals surface area contributed by atoms with Gasteiger partial charge in [-0.1, -0.05) is 84.1 Å². The lowest BCUT2D eigenvalue weighted by Crippen LogP contribution is -2.22. The van der Waals surface area contributed by atoms with Crippen LogP contribution in [0.15, 0.2) is 91.0 Å². The maximum atomic E-state index is 13.5. The molecule has 0 saturated carbocycles. The Morgan fingerprint density at radius 2 is 1.47 bits per heavy atom. The number of rotatable bonds is 9. The Bertz CT molecular complexity index is 1520. The molecule has 3 aromatic carbocycles. The molecule has 38 heavy (non-hydrogen) atoms. The zero-order valence-electron chi connectivity index (χ0n) is 21.1. The molecular formula is C29H27N7OS. The van der Waals surface area contributed by atoms with Crippen molar-refractivity contribution in [2.45, 2.75) is 0 Å². The van der Waals surface area contributed by atoms with E-state index in [9.17, 15) is 4.79 Å². The van der Waals surface area contributed by atoms with Gasteiger partial charge in [0.2, 0.25) is 0 Å². The quantitative estimate of drug-likeness (QED) is 0.262. The number of carbonyl (C=O) groups is 1. The molecule has 0 spiro atoms. The summed E-state index contributed by atoms with van der Waals surface area (Å²) >= 11 is 1.48. The first kappa shape index (κ1) is 25.2. The van der Waals surface area contributed by atoms with Crippen LogP contribution in [0.2, 0.25) is 0 Å². The number of likely N-dealkylation sites (N-methyl/N-ethyl adjacent to an activating group) is 1. The van der Waals surface area contributed by atoms with Crippen LogP contribution in [0.3, 0.4) is 0 Å². The van der Waals surface area contributed by atoms with Crippen molar-refractivity contribution in [3.8, 4) is 32.5 Å². The highest BCUT2D eigenvalue weighted by Gasteiger charge is 2.17. The van der Waals surface area contributed by atoms with Crippen molar-refractivity contribution in [1.29, 1.82) is 0 Å². The normalized spacial score (nSPS) is 10.9. The number of hydrogen-bond acceptors (Lipinski definition) is 8. The minimum absolute atomic E-state index is 0.267. The lowest BCUT2D eigenvalue weighted by molar-refractivity contribution is 0.102. The maximum absolute atomic E-state index is 13.5. The number of nitrogens with one attached hydrogen (secondary N) is 2. The molecule has 0 bridgehead atoms. The van der Waals surface area contributed by atoms with Gasteiger partial charge in [0.05, 0.1) is 5.69 Å². The van der Waals surface area contributed by atoms with Crippen LogP contribution in [0.25, 0.3) is 32.5 Å². The van der Waals surface area contributed by atoms with Gasteiger partial charge in [-0.2, -0.15) is 0 Å². The maximum Gasteiger partial charge on any atom is 0.274 e. The lowest BCUT2D eigenvalue weighted by atomic mass is 10.1. The van der Waals surface area contributed by atoms with Gasteiger partial charge in [-0.15, -0.1) is 10.2 Å². The van der Waals surface area contributed by atoms with Crippen LogP contribution < -0.4 is 10.6 Å². The van der Waals surface area contributed by atoms with Crippen molar-refractivity contribution in [2.75, 3.05) is 37.8 Å². The van der Waals surface area contributed by atoms with Crippen LogP contribution in [0.1, 0.15) is 10.5 Å². The highest BCUT2D eigenvalue weighted by Crippen LogP contribution is 2.34. The fourth-order valence-corrected chi connectivity index (χ4v) is 4.66. The molecule has 5 rings (SSSR count). The molecule has 0 radical (unpaired) electrons. The summed E-state index contributed by atoms with van der Waals surface area (Å²) in [7, 11) is 4.02. The van der Waals surface area contributed by atoms with Gasteiger partial charge in [-0.3, -0.25) is 4.79 Å². The van der Waals surface area contributed by atoms with Crippen LogP contribution in [0, 0.1) is 0 Å². The molecule has 0 aliphatic carbocycles. The average molecular weight is 522 g/mol. The van der Waals surface area contributed by atoms with Gasteiger partial charge >= 0.3 is 0 Å². The first-order valence-electron chi connectivity index (χ1n) is 12.2. The zero-order valence-corrected chi connectivity index (χ0v) is 21.9. The Morgan fingerprint density at radius 1 is 0.816 bits per heavy atom. The Hall–Kier alpha value is -4.47. The topological polar surface area (TPSA) is 95.9 Å². The van der Waals surface area contributed by atoms with Crippen LogP contribution in [-0.2, 0) is 0 Å². The third-order valence-corrected chi connectivity index (χ3v) is 6.71. The zero-order chi connectivity index (χ0) is 26.3. The third kappa shape index (κ3) is 6.08. The summed E-state index contributed by atoms with van der Waals surface area (Å²) in [5.74, 6) is 0.742. The number of anilines is 2. The van der Waals surface area contributed by atoms with Gasteiger partial charge in [0.15, 0.2) is 5.82 Å². The van der Waals surface area contributed by atoms with Crippen molar-refractivity contribution in [1.82, 2.24) is 25.1 Å². The number of benzene rings is 3. The van der Waals surface area contributed by atoms with E-state index in [4.69, 9.17) is 0 Å². The lowest BCUT2D eigenvalue weighted by Gasteiger charge is -2.13. The van der Waals surface area contributed by atoms with E-state index >= 15 is 0 Å². The Kier molecular flexibility index (Phi) is 7.77. The van der Waals surface area contributed by atoms with Crippen LogP contribution in [-0.4, -0.2) is 58.2 Å². The van der Waals surface area contributed by atoms with Gasteiger partial charge in [0.25, 0.3) is 5.91 Å². The Balaban J connectivity index is 1.43. The minimum Gasteiger partial charge on any atom is -0.369 e. The number of nitrogens with zero attached hydrogens (tertiary/aromatic N) is 5. The van der Waals surface area contributed by atoms with Gasteiger partial charge in [-0.05, 0) is 26.2 Å². The van der Waals surface area contributed by atoms with E-state index in [0.717, 1.165) is 33.3 Å². The van der Waals surface area contributed by atoms with E-state index < -0.39 is 0 Å². The second-order valence-corrected chi connectivity index (χ2v) is 9.81. The van der Waals surface area contributed by atoms with Gasteiger partial charge in [0.1, 0.15) is 21.5 Å². The SMILES string of the molecule is CN(C)CCNc1cc(C(=O)Nc2ccccc2-c2nnc(-c3ccccc3)s2)nc(-c2ccccc2)n1. The van der Waals surface area contributed by atoms with E-state index in [2.05, 4.69) is 35.7 Å². The molecule has 2 aromatic heterocycles. The summed E-state index contributed by atoms with van der Waals surface area (Å²) < 4.78 is 0. The summed E-state index contributed by atoms with van der Waals surface area (Å²) in [4.78, 5) is 24.8. The van der Waals surface area contributed by atoms with Crippen molar-refractivity contribution < 1.29 is 4.79 Å². The molecule has 1 amide bonds. The van der Waals surface area contributed by atoms with Crippen LogP contribution in [0.5, 0.6) is 0 Å². The number of para-hydroxylation sites is 1. The molecule has 0 saturated heterocycles. The molecule has 2 N–H and O–H groups in total. The van der Waals surface area contributed by atoms with Gasteiger partial charge in [0, 0.05) is 35.8 Å². The minimum atomic E-state index is -0.333. The molecule has 0 fully saturated rings. The second-order valence-electron chi connectivity index (χ2n) is 8.84. The van der Waals surface area contributed by atoms with Gasteiger partial charge < -0.3 is 15.5 Å².